The van der Waals surface area contributed by atoms with Crippen molar-refractivity contribution >= 4 is 32.3 Å². The predicted octanol–water partition coefficient (Wildman–Crippen LogP) is 1.94. The molecule has 3 rings (SSSR count). The zero-order valence-electron chi connectivity index (χ0n) is 13.4. The lowest BCUT2D eigenvalue weighted by atomic mass is 10.3. The molecule has 1 aliphatic heterocycles. The molecule has 1 aromatic carbocycles. The van der Waals surface area contributed by atoms with Gasteiger partial charge >= 0.3 is 5.00 Å². The van der Waals surface area contributed by atoms with Gasteiger partial charge in [0.15, 0.2) is 0 Å². The van der Waals surface area contributed by atoms with Crippen LogP contribution in [0.2, 0.25) is 0 Å². The number of carbonyl (C=O) groups excluding carboxylic acids is 1. The molecule has 0 spiro atoms. The van der Waals surface area contributed by atoms with E-state index in [0.29, 0.717) is 0 Å². The Bertz CT molecular complexity index is 952. The van der Waals surface area contributed by atoms with E-state index in [9.17, 15) is 27.7 Å². The molecule has 0 bridgehead atoms. The zero-order valence-corrected chi connectivity index (χ0v) is 15.0. The van der Waals surface area contributed by atoms with Gasteiger partial charge in [-0.25, -0.2) is 12.8 Å². The molecule has 1 aromatic heterocycles. The Morgan fingerprint density at radius 1 is 1.12 bits per heavy atom. The van der Waals surface area contributed by atoms with Crippen molar-refractivity contribution < 1.29 is 22.5 Å². The summed E-state index contributed by atoms with van der Waals surface area (Å²) in [5.74, 6) is -1.21. The number of hydrogen-bond donors (Lipinski definition) is 0. The Balaban J connectivity index is 1.70. The van der Waals surface area contributed by atoms with E-state index in [1.165, 1.54) is 35.2 Å². The topological polar surface area (TPSA) is 101 Å². The number of thiophene rings is 1. The number of halogens is 1. The summed E-state index contributed by atoms with van der Waals surface area (Å²) in [7, 11) is -3.98. The van der Waals surface area contributed by atoms with Crippen LogP contribution < -0.4 is 0 Å². The fourth-order valence-electron chi connectivity index (χ4n) is 2.62. The molecule has 0 unspecified atom stereocenters. The SMILES string of the molecule is O=C(c1ccc([N+](=O)[O-])s1)N1CCN(S(=O)(=O)c2ccccc2F)CC1. The van der Waals surface area contributed by atoms with Gasteiger partial charge in [-0.1, -0.05) is 23.5 Å². The summed E-state index contributed by atoms with van der Waals surface area (Å²) in [5.41, 5.74) is 0. The third-order valence-electron chi connectivity index (χ3n) is 3.96. The van der Waals surface area contributed by atoms with Gasteiger partial charge in [0.2, 0.25) is 10.0 Å². The average molecular weight is 399 g/mol. The van der Waals surface area contributed by atoms with Gasteiger partial charge in [0.25, 0.3) is 5.91 Å². The minimum atomic E-state index is -3.98. The first kappa shape index (κ1) is 18.4. The highest BCUT2D eigenvalue weighted by molar-refractivity contribution is 7.89. The molecule has 0 aliphatic carbocycles. The van der Waals surface area contributed by atoms with Crippen LogP contribution >= 0.6 is 11.3 Å². The highest BCUT2D eigenvalue weighted by atomic mass is 32.2. The molecule has 138 valence electrons. The second-order valence-electron chi connectivity index (χ2n) is 5.52. The van der Waals surface area contributed by atoms with Crippen molar-refractivity contribution in [3.8, 4) is 0 Å². The molecular weight excluding hydrogens is 385 g/mol. The molecule has 1 amide bonds. The summed E-state index contributed by atoms with van der Waals surface area (Å²) in [6.07, 6.45) is 0. The summed E-state index contributed by atoms with van der Waals surface area (Å²) < 4.78 is 40.0. The third kappa shape index (κ3) is 3.45. The van der Waals surface area contributed by atoms with Gasteiger partial charge < -0.3 is 4.90 Å². The van der Waals surface area contributed by atoms with Crippen molar-refractivity contribution in [2.45, 2.75) is 4.90 Å². The smallest absolute Gasteiger partial charge is 0.324 e. The van der Waals surface area contributed by atoms with Crippen molar-refractivity contribution in [3.63, 3.8) is 0 Å². The lowest BCUT2D eigenvalue weighted by Crippen LogP contribution is -2.50. The van der Waals surface area contributed by atoms with Gasteiger partial charge in [0, 0.05) is 32.2 Å². The van der Waals surface area contributed by atoms with E-state index in [-0.39, 0.29) is 42.0 Å². The van der Waals surface area contributed by atoms with Crippen LogP contribution in [0.15, 0.2) is 41.3 Å². The Hall–Kier alpha value is -2.37. The first-order valence-electron chi connectivity index (χ1n) is 7.59. The van der Waals surface area contributed by atoms with Crippen molar-refractivity contribution in [1.29, 1.82) is 0 Å². The van der Waals surface area contributed by atoms with Crippen LogP contribution in [0, 0.1) is 15.9 Å². The molecule has 1 saturated heterocycles. The highest BCUT2D eigenvalue weighted by Gasteiger charge is 2.32. The van der Waals surface area contributed by atoms with E-state index in [4.69, 9.17) is 0 Å². The Kier molecular flexibility index (Phi) is 5.03. The standard InChI is InChI=1S/C15H14FN3O5S2/c16-11-3-1-2-4-13(11)26(23,24)18-9-7-17(8-10-18)15(20)12-5-6-14(25-12)19(21)22/h1-6H,7-10H2. The van der Waals surface area contributed by atoms with E-state index in [2.05, 4.69) is 0 Å². The predicted molar refractivity (Wildman–Crippen MR) is 92.0 cm³/mol. The van der Waals surface area contributed by atoms with Crippen LogP contribution in [0.4, 0.5) is 9.39 Å². The summed E-state index contributed by atoms with van der Waals surface area (Å²) in [6.45, 7) is 0.294. The summed E-state index contributed by atoms with van der Waals surface area (Å²) in [4.78, 5) is 23.8. The number of amides is 1. The number of rotatable bonds is 4. The van der Waals surface area contributed by atoms with Gasteiger partial charge in [-0.3, -0.25) is 14.9 Å². The second-order valence-corrected chi connectivity index (χ2v) is 8.49. The lowest BCUT2D eigenvalue weighted by Gasteiger charge is -2.33. The maximum Gasteiger partial charge on any atom is 0.324 e. The molecule has 11 heteroatoms. The number of benzene rings is 1. The fraction of sp³-hybridized carbons (Fsp3) is 0.267. The van der Waals surface area contributed by atoms with E-state index < -0.39 is 25.7 Å². The maximum atomic E-state index is 13.8. The fourth-order valence-corrected chi connectivity index (χ4v) is 4.90. The van der Waals surface area contributed by atoms with Crippen LogP contribution in [0.3, 0.4) is 0 Å². The zero-order chi connectivity index (χ0) is 18.9. The number of piperazine rings is 1. The van der Waals surface area contributed by atoms with Crippen molar-refractivity contribution in [2.24, 2.45) is 0 Å². The first-order chi connectivity index (χ1) is 12.3. The van der Waals surface area contributed by atoms with Gasteiger partial charge in [0.05, 0.1) is 9.80 Å². The largest absolute Gasteiger partial charge is 0.335 e. The average Bonchev–Trinajstić information content (AvgIpc) is 3.12. The van der Waals surface area contributed by atoms with Crippen LogP contribution in [0.1, 0.15) is 9.67 Å². The summed E-state index contributed by atoms with van der Waals surface area (Å²) in [5, 5.41) is 10.6. The molecular formula is C15H14FN3O5S2. The number of nitro groups is 1. The lowest BCUT2D eigenvalue weighted by molar-refractivity contribution is -0.380. The molecule has 1 fully saturated rings. The second kappa shape index (κ2) is 7.09. The number of hydrogen-bond acceptors (Lipinski definition) is 6. The Labute approximate surface area is 152 Å². The van der Waals surface area contributed by atoms with Gasteiger partial charge in [-0.05, 0) is 18.2 Å². The van der Waals surface area contributed by atoms with Crippen LogP contribution in [-0.4, -0.2) is 54.6 Å². The van der Waals surface area contributed by atoms with E-state index in [1.54, 1.807) is 0 Å². The Morgan fingerprint density at radius 3 is 2.35 bits per heavy atom. The number of sulfonamides is 1. The van der Waals surface area contributed by atoms with Gasteiger partial charge in [-0.15, -0.1) is 0 Å². The van der Waals surface area contributed by atoms with Crippen molar-refractivity contribution in [3.05, 3.63) is 57.2 Å². The van der Waals surface area contributed by atoms with Gasteiger partial charge in [0.1, 0.15) is 10.7 Å². The molecule has 2 heterocycles. The van der Waals surface area contributed by atoms with Crippen LogP contribution in [-0.2, 0) is 10.0 Å². The maximum absolute atomic E-state index is 13.8. The molecule has 0 atom stereocenters. The van der Waals surface area contributed by atoms with Crippen molar-refractivity contribution in [2.75, 3.05) is 26.2 Å². The van der Waals surface area contributed by atoms with Crippen LogP contribution in [0.25, 0.3) is 0 Å². The number of nitrogens with zero attached hydrogens (tertiary/aromatic N) is 3. The Morgan fingerprint density at radius 2 is 1.77 bits per heavy atom. The molecule has 8 nitrogen and oxygen atoms in total. The summed E-state index contributed by atoms with van der Waals surface area (Å²) in [6, 6.07) is 7.78. The molecule has 0 saturated carbocycles. The quantitative estimate of drug-likeness (QED) is 0.578. The molecule has 0 N–H and O–H groups in total. The first-order valence-corrected chi connectivity index (χ1v) is 9.84. The van der Waals surface area contributed by atoms with E-state index >= 15 is 0 Å². The molecule has 26 heavy (non-hydrogen) atoms. The van der Waals surface area contributed by atoms with Gasteiger partial charge in [-0.2, -0.15) is 4.31 Å². The monoisotopic (exact) mass is 399 g/mol. The van der Waals surface area contributed by atoms with E-state index in [0.717, 1.165) is 21.7 Å². The normalized spacial score (nSPS) is 15.8. The minimum absolute atomic E-state index is 0.0237. The highest BCUT2D eigenvalue weighted by Crippen LogP contribution is 2.26. The molecule has 0 radical (unpaired) electrons. The molecule has 2 aromatic rings. The third-order valence-corrected chi connectivity index (χ3v) is 6.92. The summed E-state index contributed by atoms with van der Waals surface area (Å²) >= 11 is 0.776. The van der Waals surface area contributed by atoms with E-state index in [1.807, 2.05) is 0 Å². The number of carbonyl (C=O) groups is 1. The molecule has 1 aliphatic rings. The van der Waals surface area contributed by atoms with Crippen LogP contribution in [0.5, 0.6) is 0 Å². The minimum Gasteiger partial charge on any atom is -0.335 e. The van der Waals surface area contributed by atoms with Crippen molar-refractivity contribution in [1.82, 2.24) is 9.21 Å².